The van der Waals surface area contributed by atoms with Crippen LogP contribution >= 0.6 is 0 Å². The maximum Gasteiger partial charge on any atom is 0.165 e. The van der Waals surface area contributed by atoms with E-state index in [1.807, 2.05) is 31.1 Å². The molecule has 1 N–H and O–H groups in total. The molecule has 0 radical (unpaired) electrons. The Morgan fingerprint density at radius 1 is 1.19 bits per heavy atom. The quantitative estimate of drug-likeness (QED) is 0.913. The highest BCUT2D eigenvalue weighted by atomic mass is 16.3. The Bertz CT molecular complexity index is 669. The zero-order valence-electron chi connectivity index (χ0n) is 12.7. The van der Waals surface area contributed by atoms with Gasteiger partial charge in [-0.3, -0.25) is 0 Å². The predicted molar refractivity (Wildman–Crippen MR) is 83.5 cm³/mol. The molecule has 0 unspecified atom stereocenters. The van der Waals surface area contributed by atoms with Gasteiger partial charge in [-0.1, -0.05) is 12.1 Å². The lowest BCUT2D eigenvalue weighted by atomic mass is 10.0. The third-order valence-electron chi connectivity index (χ3n) is 3.80. The molecule has 5 nitrogen and oxygen atoms in total. The van der Waals surface area contributed by atoms with E-state index in [-0.39, 0.29) is 5.75 Å². The molecule has 0 aliphatic carbocycles. The first-order valence-corrected chi connectivity index (χ1v) is 7.10. The summed E-state index contributed by atoms with van der Waals surface area (Å²) in [5, 5.41) is 10.0. The number of fused-ring (bicyclic) bond motifs is 1. The molecule has 3 rings (SSSR count). The van der Waals surface area contributed by atoms with Crippen molar-refractivity contribution < 1.29 is 5.11 Å². The summed E-state index contributed by atoms with van der Waals surface area (Å²) >= 11 is 0. The summed E-state index contributed by atoms with van der Waals surface area (Å²) in [5.41, 5.74) is 2.95. The van der Waals surface area contributed by atoms with Crippen LogP contribution in [0, 0.1) is 0 Å². The number of phenolic OH excluding ortho intramolecular Hbond substituents is 1. The Kier molecular flexibility index (Phi) is 3.51. The van der Waals surface area contributed by atoms with Gasteiger partial charge in [0.2, 0.25) is 0 Å². The predicted octanol–water partition coefficient (Wildman–Crippen LogP) is 1.90. The molecule has 0 bridgehead atoms. The van der Waals surface area contributed by atoms with E-state index >= 15 is 0 Å². The van der Waals surface area contributed by atoms with E-state index in [2.05, 4.69) is 16.9 Å². The molecule has 1 aliphatic rings. The Balaban J connectivity index is 2.17. The van der Waals surface area contributed by atoms with Crippen LogP contribution in [0.4, 0.5) is 5.82 Å². The lowest BCUT2D eigenvalue weighted by Gasteiger charge is -2.28. The fourth-order valence-corrected chi connectivity index (χ4v) is 2.69. The van der Waals surface area contributed by atoms with E-state index < -0.39 is 0 Å². The largest absolute Gasteiger partial charge is 0.507 e. The van der Waals surface area contributed by atoms with Crippen molar-refractivity contribution in [3.05, 3.63) is 35.5 Å². The van der Waals surface area contributed by atoms with Crippen LogP contribution in [0.15, 0.2) is 24.3 Å². The van der Waals surface area contributed by atoms with E-state index in [0.29, 0.717) is 11.4 Å². The monoisotopic (exact) mass is 284 g/mol. The normalized spacial score (nSPS) is 14.8. The third-order valence-corrected chi connectivity index (χ3v) is 3.80. The molecule has 0 saturated carbocycles. The van der Waals surface area contributed by atoms with Gasteiger partial charge in [0.05, 0.1) is 11.3 Å². The van der Waals surface area contributed by atoms with Crippen LogP contribution in [0.2, 0.25) is 0 Å². The summed E-state index contributed by atoms with van der Waals surface area (Å²) in [4.78, 5) is 13.7. The Hall–Kier alpha value is -2.14. The van der Waals surface area contributed by atoms with Gasteiger partial charge in [-0.2, -0.15) is 0 Å². The van der Waals surface area contributed by atoms with Gasteiger partial charge in [-0.15, -0.1) is 0 Å². The van der Waals surface area contributed by atoms with E-state index in [1.54, 1.807) is 12.1 Å². The third kappa shape index (κ3) is 2.56. The van der Waals surface area contributed by atoms with Gasteiger partial charge in [0, 0.05) is 32.7 Å². The number of rotatable bonds is 2. The van der Waals surface area contributed by atoms with Crippen molar-refractivity contribution in [2.24, 2.45) is 0 Å². The Labute approximate surface area is 124 Å². The molecule has 5 heteroatoms. The van der Waals surface area contributed by atoms with Crippen molar-refractivity contribution >= 4 is 5.82 Å². The van der Waals surface area contributed by atoms with Gasteiger partial charge < -0.3 is 14.9 Å². The number of aromatic nitrogens is 2. The van der Waals surface area contributed by atoms with Crippen LogP contribution in [0.5, 0.6) is 5.75 Å². The molecule has 1 aromatic heterocycles. The molecular weight excluding hydrogens is 264 g/mol. The van der Waals surface area contributed by atoms with Crippen LogP contribution in [-0.2, 0) is 13.0 Å². The first-order valence-electron chi connectivity index (χ1n) is 7.10. The van der Waals surface area contributed by atoms with Crippen molar-refractivity contribution in [2.45, 2.75) is 13.0 Å². The highest BCUT2D eigenvalue weighted by Gasteiger charge is 2.22. The maximum atomic E-state index is 10.0. The second-order valence-electron chi connectivity index (χ2n) is 5.70. The SMILES string of the molecule is CN1CCc2c(nc(-c3ccccc3O)nc2N(C)C)C1. The highest BCUT2D eigenvalue weighted by Crippen LogP contribution is 2.31. The average molecular weight is 284 g/mol. The second-order valence-corrected chi connectivity index (χ2v) is 5.70. The van der Waals surface area contributed by atoms with Crippen LogP contribution in [0.3, 0.4) is 0 Å². The van der Waals surface area contributed by atoms with Gasteiger partial charge in [0.1, 0.15) is 11.6 Å². The number of aromatic hydroxyl groups is 1. The fourth-order valence-electron chi connectivity index (χ4n) is 2.69. The summed E-state index contributed by atoms with van der Waals surface area (Å²) < 4.78 is 0. The van der Waals surface area contributed by atoms with E-state index in [0.717, 1.165) is 31.0 Å². The van der Waals surface area contributed by atoms with Crippen LogP contribution in [0.1, 0.15) is 11.3 Å². The molecule has 0 fully saturated rings. The standard InChI is InChI=1S/C16H20N4O/c1-19(2)16-11-8-9-20(3)10-13(11)17-15(18-16)12-6-4-5-7-14(12)21/h4-7,21H,8-10H2,1-3H3. The van der Waals surface area contributed by atoms with E-state index in [4.69, 9.17) is 4.98 Å². The molecule has 110 valence electrons. The fraction of sp³-hybridized carbons (Fsp3) is 0.375. The molecule has 2 aromatic rings. The van der Waals surface area contributed by atoms with Gasteiger partial charge in [0.25, 0.3) is 0 Å². The summed E-state index contributed by atoms with van der Waals surface area (Å²) in [6, 6.07) is 7.21. The van der Waals surface area contributed by atoms with Gasteiger partial charge >= 0.3 is 0 Å². The van der Waals surface area contributed by atoms with Crippen molar-refractivity contribution in [3.63, 3.8) is 0 Å². The van der Waals surface area contributed by atoms with Crippen molar-refractivity contribution in [1.82, 2.24) is 14.9 Å². The first-order chi connectivity index (χ1) is 10.1. The minimum Gasteiger partial charge on any atom is -0.507 e. The summed E-state index contributed by atoms with van der Waals surface area (Å²) in [5.74, 6) is 1.75. The van der Waals surface area contributed by atoms with Crippen LogP contribution in [-0.4, -0.2) is 47.7 Å². The molecule has 1 aromatic carbocycles. The minimum atomic E-state index is 0.214. The molecule has 0 atom stereocenters. The molecular formula is C16H20N4O. The van der Waals surface area contributed by atoms with Gasteiger partial charge in [-0.05, 0) is 25.6 Å². The molecule has 2 heterocycles. The summed E-state index contributed by atoms with van der Waals surface area (Å²) in [7, 11) is 6.09. The number of phenols is 1. The molecule has 0 saturated heterocycles. The smallest absolute Gasteiger partial charge is 0.165 e. The Morgan fingerprint density at radius 3 is 2.67 bits per heavy atom. The minimum absolute atomic E-state index is 0.214. The number of anilines is 1. The molecule has 21 heavy (non-hydrogen) atoms. The number of hydrogen-bond acceptors (Lipinski definition) is 5. The summed E-state index contributed by atoms with van der Waals surface area (Å²) in [6.45, 7) is 1.84. The highest BCUT2D eigenvalue weighted by molar-refractivity contribution is 5.66. The number of para-hydroxylation sites is 1. The van der Waals surface area contributed by atoms with E-state index in [1.165, 1.54) is 5.56 Å². The van der Waals surface area contributed by atoms with Crippen molar-refractivity contribution in [2.75, 3.05) is 32.6 Å². The zero-order chi connectivity index (χ0) is 15.0. The summed E-state index contributed by atoms with van der Waals surface area (Å²) in [6.07, 6.45) is 0.959. The van der Waals surface area contributed by atoms with Crippen molar-refractivity contribution in [1.29, 1.82) is 0 Å². The topological polar surface area (TPSA) is 52.5 Å². The molecule has 0 spiro atoms. The second kappa shape index (κ2) is 5.33. The average Bonchev–Trinajstić information content (AvgIpc) is 2.46. The Morgan fingerprint density at radius 2 is 1.95 bits per heavy atom. The lowest BCUT2D eigenvalue weighted by Crippen LogP contribution is -2.30. The number of hydrogen-bond donors (Lipinski definition) is 1. The number of likely N-dealkylation sites (N-methyl/N-ethyl adjacent to an activating group) is 1. The molecule has 0 amide bonds. The number of nitrogens with zero attached hydrogens (tertiary/aromatic N) is 4. The van der Waals surface area contributed by atoms with Gasteiger partial charge in [-0.25, -0.2) is 9.97 Å². The lowest BCUT2D eigenvalue weighted by molar-refractivity contribution is 0.307. The van der Waals surface area contributed by atoms with Crippen LogP contribution < -0.4 is 4.90 Å². The number of benzene rings is 1. The first kappa shape index (κ1) is 13.8. The van der Waals surface area contributed by atoms with Gasteiger partial charge in [0.15, 0.2) is 5.82 Å². The maximum absolute atomic E-state index is 10.0. The van der Waals surface area contributed by atoms with Crippen molar-refractivity contribution in [3.8, 4) is 17.1 Å². The zero-order valence-corrected chi connectivity index (χ0v) is 12.7. The molecule has 1 aliphatic heterocycles. The van der Waals surface area contributed by atoms with Crippen LogP contribution in [0.25, 0.3) is 11.4 Å². The van der Waals surface area contributed by atoms with E-state index in [9.17, 15) is 5.11 Å².